The Balaban J connectivity index is 1.87. The Kier molecular flexibility index (Phi) is 4.41. The van der Waals surface area contributed by atoms with Crippen LogP contribution in [0, 0.1) is 6.92 Å². The van der Waals surface area contributed by atoms with E-state index in [0.717, 1.165) is 41.0 Å². The van der Waals surface area contributed by atoms with Crippen molar-refractivity contribution < 1.29 is 14.3 Å². The number of nitrogens with zero attached hydrogens (tertiary/aromatic N) is 1. The van der Waals surface area contributed by atoms with E-state index in [0.29, 0.717) is 6.54 Å². The predicted molar refractivity (Wildman–Crippen MR) is 90.4 cm³/mol. The lowest BCUT2D eigenvalue weighted by molar-refractivity contribution is -0.0652. The summed E-state index contributed by atoms with van der Waals surface area (Å²) in [6.45, 7) is 8.05. The van der Waals surface area contributed by atoms with Crippen LogP contribution in [0.1, 0.15) is 29.9 Å². The maximum atomic E-state index is 12.9. The van der Waals surface area contributed by atoms with Crippen LogP contribution in [0.25, 0.3) is 10.9 Å². The molecule has 0 aliphatic carbocycles. The molecule has 1 aliphatic heterocycles. The van der Waals surface area contributed by atoms with Gasteiger partial charge < -0.3 is 14.5 Å². The van der Waals surface area contributed by atoms with Gasteiger partial charge in [-0.2, -0.15) is 0 Å². The molecule has 1 aromatic carbocycles. The van der Waals surface area contributed by atoms with Gasteiger partial charge in [0.15, 0.2) is 5.78 Å². The predicted octanol–water partition coefficient (Wildman–Crippen LogP) is 2.78. The highest BCUT2D eigenvalue weighted by atomic mass is 16.5. The minimum absolute atomic E-state index is 0.142. The van der Waals surface area contributed by atoms with Crippen LogP contribution in [0.5, 0.6) is 5.75 Å². The number of morpholine rings is 1. The van der Waals surface area contributed by atoms with Crippen molar-refractivity contribution in [1.29, 1.82) is 0 Å². The smallest absolute Gasteiger partial charge is 0.179 e. The molecule has 124 valence electrons. The topological polar surface area (TPSA) is 54.6 Å². The highest BCUT2D eigenvalue weighted by Gasteiger charge is 2.25. The van der Waals surface area contributed by atoms with E-state index < -0.39 is 0 Å². The second-order valence-corrected chi connectivity index (χ2v) is 6.41. The van der Waals surface area contributed by atoms with Crippen molar-refractivity contribution in [2.45, 2.75) is 33.0 Å². The summed E-state index contributed by atoms with van der Waals surface area (Å²) in [7, 11) is 1.64. The lowest BCUT2D eigenvalue weighted by atomic mass is 10.1. The minimum atomic E-state index is 0.142. The average molecular weight is 316 g/mol. The molecule has 2 aromatic rings. The van der Waals surface area contributed by atoms with Gasteiger partial charge in [0.05, 0.1) is 25.9 Å². The number of methoxy groups -OCH3 is 1. The fraction of sp³-hybridized carbons (Fsp3) is 0.500. The number of Topliss-reactive ketones (excluding diaryl/α,β-unsaturated/α-hetero) is 1. The minimum Gasteiger partial charge on any atom is -0.497 e. The molecule has 5 nitrogen and oxygen atoms in total. The highest BCUT2D eigenvalue weighted by Crippen LogP contribution is 2.27. The van der Waals surface area contributed by atoms with Crippen molar-refractivity contribution in [1.82, 2.24) is 9.88 Å². The summed E-state index contributed by atoms with van der Waals surface area (Å²) in [6.07, 6.45) is 0.325. The molecule has 0 unspecified atom stereocenters. The summed E-state index contributed by atoms with van der Waals surface area (Å²) in [5.41, 5.74) is 2.65. The van der Waals surface area contributed by atoms with E-state index in [9.17, 15) is 4.79 Å². The Morgan fingerprint density at radius 3 is 2.70 bits per heavy atom. The van der Waals surface area contributed by atoms with Gasteiger partial charge in [0.2, 0.25) is 0 Å². The van der Waals surface area contributed by atoms with Gasteiger partial charge in [0.25, 0.3) is 0 Å². The van der Waals surface area contributed by atoms with E-state index in [1.807, 2.05) is 25.1 Å². The van der Waals surface area contributed by atoms with Crippen molar-refractivity contribution in [3.63, 3.8) is 0 Å². The Labute approximate surface area is 136 Å². The quantitative estimate of drug-likeness (QED) is 0.881. The SMILES string of the molecule is COc1ccc2[nH]c(C)c(C(=O)CN3C[C@@H](C)O[C@@H](C)C3)c2c1. The molecule has 1 saturated heterocycles. The highest BCUT2D eigenvalue weighted by molar-refractivity contribution is 6.10. The standard InChI is InChI=1S/C18H24N2O3/c1-11-8-20(9-12(2)23-11)10-17(21)18-13(3)19-16-6-5-14(22-4)7-15(16)18/h5-7,11-12,19H,8-10H2,1-4H3/t11-,12+. The van der Waals surface area contributed by atoms with Crippen LogP contribution in [-0.4, -0.2) is 54.6 Å². The summed E-state index contributed by atoms with van der Waals surface area (Å²) in [6, 6.07) is 5.78. The number of benzene rings is 1. The van der Waals surface area contributed by atoms with Gasteiger partial charge in [-0.05, 0) is 39.0 Å². The molecule has 23 heavy (non-hydrogen) atoms. The number of hydrogen-bond donors (Lipinski definition) is 1. The van der Waals surface area contributed by atoms with E-state index in [1.54, 1.807) is 7.11 Å². The molecule has 1 fully saturated rings. The van der Waals surface area contributed by atoms with Crippen LogP contribution >= 0.6 is 0 Å². The largest absolute Gasteiger partial charge is 0.497 e. The lowest BCUT2D eigenvalue weighted by Crippen LogP contribution is -2.47. The molecule has 2 heterocycles. The van der Waals surface area contributed by atoms with Gasteiger partial charge in [0, 0.05) is 35.2 Å². The second-order valence-electron chi connectivity index (χ2n) is 6.41. The number of aryl methyl sites for hydroxylation is 1. The summed E-state index contributed by atoms with van der Waals surface area (Å²) in [5, 5.41) is 0.932. The Bertz CT molecular complexity index is 712. The number of aromatic amines is 1. The zero-order chi connectivity index (χ0) is 16.6. The number of aromatic nitrogens is 1. The second kappa shape index (κ2) is 6.34. The molecular formula is C18H24N2O3. The van der Waals surface area contributed by atoms with E-state index >= 15 is 0 Å². The van der Waals surface area contributed by atoms with Crippen molar-refractivity contribution in [3.8, 4) is 5.75 Å². The van der Waals surface area contributed by atoms with E-state index in [1.165, 1.54) is 0 Å². The Morgan fingerprint density at radius 2 is 2.04 bits per heavy atom. The van der Waals surface area contributed by atoms with E-state index in [2.05, 4.69) is 23.7 Å². The maximum absolute atomic E-state index is 12.9. The Hall–Kier alpha value is -1.85. The fourth-order valence-corrected chi connectivity index (χ4v) is 3.49. The molecule has 0 radical (unpaired) electrons. The number of carbonyl (C=O) groups excluding carboxylic acids is 1. The number of rotatable bonds is 4. The number of H-pyrrole nitrogens is 1. The van der Waals surface area contributed by atoms with Crippen LogP contribution < -0.4 is 4.74 Å². The Morgan fingerprint density at radius 1 is 1.35 bits per heavy atom. The van der Waals surface area contributed by atoms with Crippen molar-refractivity contribution in [2.24, 2.45) is 0 Å². The molecule has 5 heteroatoms. The number of carbonyl (C=O) groups is 1. The van der Waals surface area contributed by atoms with Gasteiger partial charge in [-0.1, -0.05) is 0 Å². The number of nitrogens with one attached hydrogen (secondary N) is 1. The molecule has 0 amide bonds. The van der Waals surface area contributed by atoms with Gasteiger partial charge in [-0.3, -0.25) is 9.69 Å². The van der Waals surface area contributed by atoms with Gasteiger partial charge >= 0.3 is 0 Å². The van der Waals surface area contributed by atoms with Crippen LogP contribution in [0.2, 0.25) is 0 Å². The van der Waals surface area contributed by atoms with E-state index in [-0.39, 0.29) is 18.0 Å². The zero-order valence-corrected chi connectivity index (χ0v) is 14.2. The van der Waals surface area contributed by atoms with Gasteiger partial charge in [-0.15, -0.1) is 0 Å². The molecule has 2 atom stereocenters. The summed E-state index contributed by atoms with van der Waals surface area (Å²) in [5.74, 6) is 0.905. The molecule has 0 saturated carbocycles. The maximum Gasteiger partial charge on any atom is 0.179 e. The number of ketones is 1. The average Bonchev–Trinajstić information content (AvgIpc) is 2.80. The first-order valence-electron chi connectivity index (χ1n) is 8.05. The molecule has 1 aliphatic rings. The van der Waals surface area contributed by atoms with E-state index in [4.69, 9.17) is 9.47 Å². The third-order valence-corrected chi connectivity index (χ3v) is 4.33. The molecule has 3 rings (SSSR count). The van der Waals surface area contributed by atoms with Gasteiger partial charge in [-0.25, -0.2) is 0 Å². The van der Waals surface area contributed by atoms with Crippen LogP contribution in [0.15, 0.2) is 18.2 Å². The van der Waals surface area contributed by atoms with Crippen LogP contribution in [0.3, 0.4) is 0 Å². The first-order chi connectivity index (χ1) is 11.0. The normalized spacial score (nSPS) is 22.4. The molecule has 0 spiro atoms. The molecule has 1 N–H and O–H groups in total. The third-order valence-electron chi connectivity index (χ3n) is 4.33. The van der Waals surface area contributed by atoms with Crippen molar-refractivity contribution in [3.05, 3.63) is 29.5 Å². The third kappa shape index (κ3) is 3.26. The first-order valence-corrected chi connectivity index (χ1v) is 8.05. The lowest BCUT2D eigenvalue weighted by Gasteiger charge is -2.34. The van der Waals surface area contributed by atoms with Crippen molar-refractivity contribution >= 4 is 16.7 Å². The fourth-order valence-electron chi connectivity index (χ4n) is 3.49. The summed E-state index contributed by atoms with van der Waals surface area (Å²) in [4.78, 5) is 18.4. The molecule has 1 aromatic heterocycles. The summed E-state index contributed by atoms with van der Waals surface area (Å²) >= 11 is 0. The summed E-state index contributed by atoms with van der Waals surface area (Å²) < 4.78 is 11.0. The zero-order valence-electron chi connectivity index (χ0n) is 14.2. The van der Waals surface area contributed by atoms with Crippen LogP contribution in [0.4, 0.5) is 0 Å². The monoisotopic (exact) mass is 316 g/mol. The first kappa shape index (κ1) is 16.0. The van der Waals surface area contributed by atoms with Crippen molar-refractivity contribution in [2.75, 3.05) is 26.7 Å². The molecule has 0 bridgehead atoms. The van der Waals surface area contributed by atoms with Gasteiger partial charge in [0.1, 0.15) is 5.75 Å². The van der Waals surface area contributed by atoms with Crippen LogP contribution in [-0.2, 0) is 4.74 Å². The molecular weight excluding hydrogens is 292 g/mol. The number of fused-ring (bicyclic) bond motifs is 1. The number of ether oxygens (including phenoxy) is 2. The number of hydrogen-bond acceptors (Lipinski definition) is 4.